The lowest BCUT2D eigenvalue weighted by molar-refractivity contribution is -0.385. The first-order valence-corrected chi connectivity index (χ1v) is 5.08. The Balaban J connectivity index is 3.22. The summed E-state index contributed by atoms with van der Waals surface area (Å²) in [6.45, 7) is 5.64. The summed E-state index contributed by atoms with van der Waals surface area (Å²) < 4.78 is 10.4. The summed E-state index contributed by atoms with van der Waals surface area (Å²) in [5, 5.41) is 10.8. The van der Waals surface area contributed by atoms with Crippen molar-refractivity contribution in [2.75, 3.05) is 13.7 Å². The summed E-state index contributed by atoms with van der Waals surface area (Å²) >= 11 is 0. The van der Waals surface area contributed by atoms with Gasteiger partial charge in [0, 0.05) is 6.07 Å². The molecule has 0 aliphatic heterocycles. The van der Waals surface area contributed by atoms with Crippen molar-refractivity contribution in [3.63, 3.8) is 0 Å². The van der Waals surface area contributed by atoms with Gasteiger partial charge in [-0.1, -0.05) is 6.58 Å². The number of hydrogen-bond donors (Lipinski definition) is 0. The van der Waals surface area contributed by atoms with E-state index in [9.17, 15) is 14.9 Å². The van der Waals surface area contributed by atoms with Gasteiger partial charge in [0.15, 0.2) is 17.8 Å². The van der Waals surface area contributed by atoms with Gasteiger partial charge in [0.2, 0.25) is 0 Å². The maximum absolute atomic E-state index is 10.8. The third kappa shape index (κ3) is 3.07. The highest BCUT2D eigenvalue weighted by atomic mass is 16.6. The molecule has 6 heteroatoms. The fraction of sp³-hybridized carbons (Fsp3) is 0.250. The molecule has 0 heterocycles. The summed E-state index contributed by atoms with van der Waals surface area (Å²) in [6, 6.07) is 2.45. The van der Waals surface area contributed by atoms with Gasteiger partial charge in [-0.05, 0) is 12.5 Å². The molecule has 6 nitrogen and oxygen atoms in total. The van der Waals surface area contributed by atoms with Gasteiger partial charge >= 0.3 is 0 Å². The lowest BCUT2D eigenvalue weighted by Gasteiger charge is -2.11. The van der Waals surface area contributed by atoms with Crippen LogP contribution in [-0.4, -0.2) is 24.9 Å². The third-order valence-electron chi connectivity index (χ3n) is 2.11. The van der Waals surface area contributed by atoms with E-state index in [1.807, 2.05) is 0 Å². The van der Waals surface area contributed by atoms with Crippen LogP contribution in [-0.2, 0) is 0 Å². The van der Waals surface area contributed by atoms with Crippen LogP contribution < -0.4 is 9.47 Å². The first-order chi connectivity index (χ1) is 8.49. The molecule has 0 unspecified atom stereocenters. The number of carbonyl (C=O) groups excluding carboxylic acids is 1. The minimum Gasteiger partial charge on any atom is -0.493 e. The van der Waals surface area contributed by atoms with Crippen molar-refractivity contribution in [1.29, 1.82) is 0 Å². The van der Waals surface area contributed by atoms with Crippen molar-refractivity contribution >= 4 is 12.0 Å². The second-order valence-corrected chi connectivity index (χ2v) is 3.68. The number of nitro groups is 1. The van der Waals surface area contributed by atoms with Gasteiger partial charge in [0.1, 0.15) is 6.61 Å². The van der Waals surface area contributed by atoms with E-state index < -0.39 is 4.92 Å². The van der Waals surface area contributed by atoms with Crippen LogP contribution in [0.25, 0.3) is 0 Å². The number of rotatable bonds is 6. The van der Waals surface area contributed by atoms with Crippen LogP contribution in [0.4, 0.5) is 5.69 Å². The lowest BCUT2D eigenvalue weighted by atomic mass is 10.1. The van der Waals surface area contributed by atoms with Crippen LogP contribution in [0.15, 0.2) is 24.3 Å². The Labute approximate surface area is 104 Å². The molecule has 96 valence electrons. The molecule has 0 aliphatic carbocycles. The average molecular weight is 251 g/mol. The van der Waals surface area contributed by atoms with Gasteiger partial charge in [-0.15, -0.1) is 0 Å². The number of nitrogens with zero attached hydrogens (tertiary/aromatic N) is 1. The van der Waals surface area contributed by atoms with Crippen LogP contribution in [0.2, 0.25) is 0 Å². The number of ether oxygens (including phenoxy) is 2. The topological polar surface area (TPSA) is 78.7 Å². The molecule has 1 aromatic rings. The standard InChI is InChI=1S/C12H13NO5/c1-8(2)7-18-12-5-10(13(15)16)9(6-14)4-11(12)17-3/h4-6H,1,7H2,2-3H3. The summed E-state index contributed by atoms with van der Waals surface area (Å²) in [6.07, 6.45) is 0.406. The number of methoxy groups -OCH3 is 1. The number of carbonyl (C=O) groups is 1. The molecular formula is C12H13NO5. The quantitative estimate of drug-likeness (QED) is 0.335. The molecule has 0 aliphatic rings. The Bertz CT molecular complexity index is 495. The van der Waals surface area contributed by atoms with Crippen LogP contribution in [0.5, 0.6) is 11.5 Å². The summed E-state index contributed by atoms with van der Waals surface area (Å²) in [5.41, 5.74) is 0.390. The molecular weight excluding hydrogens is 238 g/mol. The predicted octanol–water partition coefficient (Wildman–Crippen LogP) is 2.37. The van der Waals surface area contributed by atoms with Crippen molar-refractivity contribution in [2.45, 2.75) is 6.92 Å². The fourth-order valence-corrected chi connectivity index (χ4v) is 1.29. The van der Waals surface area contributed by atoms with E-state index in [1.165, 1.54) is 19.2 Å². The van der Waals surface area contributed by atoms with Crippen LogP contribution in [0.1, 0.15) is 17.3 Å². The molecule has 0 radical (unpaired) electrons. The van der Waals surface area contributed by atoms with E-state index in [1.54, 1.807) is 6.92 Å². The molecule has 0 saturated heterocycles. The normalized spacial score (nSPS) is 9.67. The smallest absolute Gasteiger partial charge is 0.283 e. The molecule has 0 spiro atoms. The SMILES string of the molecule is C=C(C)COc1cc([N+](=O)[O-])c(C=O)cc1OC. The first-order valence-electron chi connectivity index (χ1n) is 5.08. The largest absolute Gasteiger partial charge is 0.493 e. The third-order valence-corrected chi connectivity index (χ3v) is 2.11. The Morgan fingerprint density at radius 3 is 2.61 bits per heavy atom. The number of hydrogen-bond acceptors (Lipinski definition) is 5. The molecule has 0 aromatic heterocycles. The van der Waals surface area contributed by atoms with E-state index in [0.717, 1.165) is 5.57 Å². The van der Waals surface area contributed by atoms with E-state index in [4.69, 9.17) is 9.47 Å². The van der Waals surface area contributed by atoms with E-state index >= 15 is 0 Å². The zero-order valence-electron chi connectivity index (χ0n) is 10.1. The lowest BCUT2D eigenvalue weighted by Crippen LogP contribution is -2.02. The van der Waals surface area contributed by atoms with E-state index in [-0.39, 0.29) is 29.4 Å². The van der Waals surface area contributed by atoms with Crippen molar-refractivity contribution in [3.8, 4) is 11.5 Å². The van der Waals surface area contributed by atoms with Gasteiger partial charge in [-0.3, -0.25) is 14.9 Å². The first kappa shape index (κ1) is 13.7. The minimum absolute atomic E-state index is 0.0560. The Hall–Kier alpha value is -2.37. The molecule has 0 bridgehead atoms. The van der Waals surface area contributed by atoms with Crippen LogP contribution in [0.3, 0.4) is 0 Å². The van der Waals surface area contributed by atoms with Gasteiger partial charge in [0.05, 0.1) is 23.7 Å². The molecule has 0 fully saturated rings. The predicted molar refractivity (Wildman–Crippen MR) is 65.3 cm³/mol. The van der Waals surface area contributed by atoms with Crippen LogP contribution >= 0.6 is 0 Å². The maximum atomic E-state index is 10.8. The number of benzene rings is 1. The molecule has 1 rings (SSSR count). The molecule has 0 N–H and O–H groups in total. The minimum atomic E-state index is -0.642. The zero-order valence-corrected chi connectivity index (χ0v) is 10.1. The van der Waals surface area contributed by atoms with Gasteiger partial charge in [0.25, 0.3) is 5.69 Å². The van der Waals surface area contributed by atoms with Crippen molar-refractivity contribution < 1.29 is 19.2 Å². The fourth-order valence-electron chi connectivity index (χ4n) is 1.29. The average Bonchev–Trinajstić information content (AvgIpc) is 2.34. The Kier molecular flexibility index (Phi) is 4.42. The Morgan fingerprint density at radius 2 is 2.17 bits per heavy atom. The summed E-state index contributed by atoms with van der Waals surface area (Å²) in [4.78, 5) is 20.9. The summed E-state index contributed by atoms with van der Waals surface area (Å²) in [7, 11) is 1.39. The Morgan fingerprint density at radius 1 is 1.50 bits per heavy atom. The van der Waals surface area contributed by atoms with Crippen molar-refractivity contribution in [3.05, 3.63) is 40.0 Å². The highest BCUT2D eigenvalue weighted by Crippen LogP contribution is 2.34. The van der Waals surface area contributed by atoms with Gasteiger partial charge < -0.3 is 9.47 Å². The molecule has 1 aromatic carbocycles. The number of nitro benzene ring substituents is 1. The van der Waals surface area contributed by atoms with Gasteiger partial charge in [-0.25, -0.2) is 0 Å². The molecule has 0 atom stereocenters. The van der Waals surface area contributed by atoms with Crippen LogP contribution in [0, 0.1) is 10.1 Å². The second-order valence-electron chi connectivity index (χ2n) is 3.68. The molecule has 18 heavy (non-hydrogen) atoms. The molecule has 0 amide bonds. The highest BCUT2D eigenvalue weighted by Gasteiger charge is 2.19. The maximum Gasteiger partial charge on any atom is 0.283 e. The van der Waals surface area contributed by atoms with E-state index in [2.05, 4.69) is 6.58 Å². The van der Waals surface area contributed by atoms with Crippen molar-refractivity contribution in [2.24, 2.45) is 0 Å². The number of aldehydes is 1. The second kappa shape index (κ2) is 5.81. The summed E-state index contributed by atoms with van der Waals surface area (Å²) in [5.74, 6) is 0.474. The molecule has 0 saturated carbocycles. The van der Waals surface area contributed by atoms with Crippen molar-refractivity contribution in [1.82, 2.24) is 0 Å². The zero-order chi connectivity index (χ0) is 13.7. The van der Waals surface area contributed by atoms with E-state index in [0.29, 0.717) is 6.29 Å². The van der Waals surface area contributed by atoms with Gasteiger partial charge in [-0.2, -0.15) is 0 Å². The monoisotopic (exact) mass is 251 g/mol. The highest BCUT2D eigenvalue weighted by molar-refractivity contribution is 5.83.